The van der Waals surface area contributed by atoms with Crippen molar-refractivity contribution in [3.05, 3.63) is 21.0 Å². The average Bonchev–Trinajstić information content (AvgIpc) is 3.08. The van der Waals surface area contributed by atoms with Crippen LogP contribution >= 0.6 is 31.9 Å². The zero-order valence-electron chi connectivity index (χ0n) is 14.5. The van der Waals surface area contributed by atoms with Crippen molar-refractivity contribution in [1.29, 1.82) is 0 Å². The molecular weight excluding hydrogens is 440 g/mol. The molecule has 1 aliphatic rings. The molecule has 0 spiro atoms. The number of rotatable bonds is 6. The summed E-state index contributed by atoms with van der Waals surface area (Å²) >= 11 is 6.78. The molecule has 0 saturated heterocycles. The molecule has 1 fully saturated rings. The maximum absolute atomic E-state index is 11.9. The normalized spacial score (nSPS) is 17.0. The van der Waals surface area contributed by atoms with Gasteiger partial charge in [-0.25, -0.2) is 4.79 Å². The summed E-state index contributed by atoms with van der Waals surface area (Å²) in [4.78, 5) is 11.9. The predicted molar refractivity (Wildman–Crippen MR) is 101 cm³/mol. The quantitative estimate of drug-likeness (QED) is 0.621. The molecule has 1 saturated carbocycles. The van der Waals surface area contributed by atoms with Gasteiger partial charge in [-0.3, -0.25) is 0 Å². The van der Waals surface area contributed by atoms with Crippen molar-refractivity contribution in [2.45, 2.75) is 64.6 Å². The molecule has 1 amide bonds. The molecule has 0 aliphatic heterocycles. The van der Waals surface area contributed by atoms with E-state index in [2.05, 4.69) is 42.5 Å². The zero-order valence-corrected chi connectivity index (χ0v) is 17.6. The highest BCUT2D eigenvalue weighted by molar-refractivity contribution is 9.13. The molecule has 136 valence electrons. The van der Waals surface area contributed by atoms with Gasteiger partial charge in [-0.15, -0.1) is 0 Å². The SMILES string of the molecule is CC(C)(C)OC(=O)NCC(NCc1cc(Br)c(Br)o1)C1CCCC1. The largest absolute Gasteiger partial charge is 0.452 e. The third kappa shape index (κ3) is 6.41. The summed E-state index contributed by atoms with van der Waals surface area (Å²) in [5, 5.41) is 6.43. The van der Waals surface area contributed by atoms with Crippen molar-refractivity contribution in [1.82, 2.24) is 10.6 Å². The van der Waals surface area contributed by atoms with Gasteiger partial charge in [0.1, 0.15) is 11.4 Å². The van der Waals surface area contributed by atoms with E-state index < -0.39 is 5.60 Å². The lowest BCUT2D eigenvalue weighted by Crippen LogP contribution is -2.45. The first-order valence-corrected chi connectivity index (χ1v) is 9.97. The van der Waals surface area contributed by atoms with E-state index >= 15 is 0 Å². The molecule has 0 bridgehead atoms. The van der Waals surface area contributed by atoms with Gasteiger partial charge >= 0.3 is 6.09 Å². The van der Waals surface area contributed by atoms with E-state index in [1.54, 1.807) is 0 Å². The van der Waals surface area contributed by atoms with E-state index in [1.807, 2.05) is 26.8 Å². The lowest BCUT2D eigenvalue weighted by molar-refractivity contribution is 0.0518. The van der Waals surface area contributed by atoms with Crippen molar-refractivity contribution in [3.8, 4) is 0 Å². The van der Waals surface area contributed by atoms with E-state index in [9.17, 15) is 4.79 Å². The average molecular weight is 466 g/mol. The van der Waals surface area contributed by atoms with Gasteiger partial charge in [0.2, 0.25) is 0 Å². The number of nitrogens with one attached hydrogen (secondary N) is 2. The highest BCUT2D eigenvalue weighted by atomic mass is 79.9. The summed E-state index contributed by atoms with van der Waals surface area (Å²) in [6, 6.07) is 2.16. The minimum absolute atomic E-state index is 0.211. The molecular formula is C17H26Br2N2O3. The first-order chi connectivity index (χ1) is 11.2. The monoisotopic (exact) mass is 464 g/mol. The number of carbonyl (C=O) groups is 1. The smallest absolute Gasteiger partial charge is 0.407 e. The predicted octanol–water partition coefficient (Wildman–Crippen LogP) is 4.98. The number of hydrogen-bond donors (Lipinski definition) is 2. The van der Waals surface area contributed by atoms with Gasteiger partial charge in [0.15, 0.2) is 4.67 Å². The molecule has 1 aromatic heterocycles. The number of hydrogen-bond acceptors (Lipinski definition) is 4. The van der Waals surface area contributed by atoms with Gasteiger partial charge in [0.25, 0.3) is 0 Å². The number of halogens is 2. The van der Waals surface area contributed by atoms with Gasteiger partial charge in [-0.1, -0.05) is 12.8 Å². The first-order valence-electron chi connectivity index (χ1n) is 8.38. The standard InChI is InChI=1S/C17H26Br2N2O3/c1-17(2,3)24-16(22)21-10-14(11-6-4-5-7-11)20-9-12-8-13(18)15(19)23-12/h8,11,14,20H,4-7,9-10H2,1-3H3,(H,21,22). The molecule has 1 aliphatic carbocycles. The molecule has 1 unspecified atom stereocenters. The topological polar surface area (TPSA) is 63.5 Å². The molecule has 0 radical (unpaired) electrons. The van der Waals surface area contributed by atoms with Crippen molar-refractivity contribution in [2.24, 2.45) is 5.92 Å². The van der Waals surface area contributed by atoms with Gasteiger partial charge in [0.05, 0.1) is 11.0 Å². The highest BCUT2D eigenvalue weighted by Gasteiger charge is 2.26. The zero-order chi connectivity index (χ0) is 17.7. The second kappa shape index (κ2) is 8.72. The lowest BCUT2D eigenvalue weighted by atomic mass is 9.98. The van der Waals surface area contributed by atoms with Crippen LogP contribution in [-0.2, 0) is 11.3 Å². The Morgan fingerprint density at radius 1 is 1.38 bits per heavy atom. The van der Waals surface area contributed by atoms with Crippen LogP contribution in [0, 0.1) is 5.92 Å². The molecule has 7 heteroatoms. The first kappa shape index (κ1) is 19.8. The van der Waals surface area contributed by atoms with E-state index in [-0.39, 0.29) is 12.1 Å². The minimum Gasteiger partial charge on any atom is -0.452 e. The van der Waals surface area contributed by atoms with Gasteiger partial charge in [0, 0.05) is 12.6 Å². The van der Waals surface area contributed by atoms with Crippen molar-refractivity contribution >= 4 is 38.0 Å². The van der Waals surface area contributed by atoms with Crippen LogP contribution in [-0.4, -0.2) is 24.3 Å². The fourth-order valence-corrected chi connectivity index (χ4v) is 3.64. The van der Waals surface area contributed by atoms with Crippen molar-refractivity contribution < 1.29 is 13.9 Å². The van der Waals surface area contributed by atoms with E-state index in [0.717, 1.165) is 10.2 Å². The summed E-state index contributed by atoms with van der Waals surface area (Å²) < 4.78 is 12.5. The van der Waals surface area contributed by atoms with Gasteiger partial charge < -0.3 is 19.8 Å². The Morgan fingerprint density at radius 3 is 2.58 bits per heavy atom. The Kier molecular flexibility index (Phi) is 7.19. The van der Waals surface area contributed by atoms with Crippen LogP contribution in [0.15, 0.2) is 19.6 Å². The third-order valence-corrected chi connectivity index (χ3v) is 5.78. The summed E-state index contributed by atoms with van der Waals surface area (Å²) in [5.41, 5.74) is -0.479. The van der Waals surface area contributed by atoms with Crippen LogP contribution in [0.3, 0.4) is 0 Å². The molecule has 2 N–H and O–H groups in total. The fraction of sp³-hybridized carbons (Fsp3) is 0.706. The number of furan rings is 1. The van der Waals surface area contributed by atoms with Crippen LogP contribution in [0.2, 0.25) is 0 Å². The Hall–Kier alpha value is -0.530. The van der Waals surface area contributed by atoms with Crippen LogP contribution in [0.4, 0.5) is 4.79 Å². The molecule has 1 aromatic rings. The van der Waals surface area contributed by atoms with E-state index in [4.69, 9.17) is 9.15 Å². The number of ether oxygens (including phenoxy) is 1. The molecule has 1 atom stereocenters. The second-order valence-corrected chi connectivity index (χ2v) is 8.82. The number of carbonyl (C=O) groups excluding carboxylic acids is 1. The van der Waals surface area contributed by atoms with Crippen molar-refractivity contribution in [2.75, 3.05) is 6.54 Å². The van der Waals surface area contributed by atoms with Crippen molar-refractivity contribution in [3.63, 3.8) is 0 Å². The van der Waals surface area contributed by atoms with Gasteiger partial charge in [-0.05, 0) is 77.5 Å². The molecule has 24 heavy (non-hydrogen) atoms. The van der Waals surface area contributed by atoms with Crippen LogP contribution in [0.5, 0.6) is 0 Å². The number of alkyl carbamates (subject to hydrolysis) is 1. The second-order valence-electron chi connectivity index (χ2n) is 7.25. The molecule has 2 rings (SSSR count). The molecule has 1 heterocycles. The number of amides is 1. The summed E-state index contributed by atoms with van der Waals surface area (Å²) in [6.45, 7) is 6.79. The molecule has 5 nitrogen and oxygen atoms in total. The third-order valence-electron chi connectivity index (χ3n) is 4.07. The highest BCUT2D eigenvalue weighted by Crippen LogP contribution is 2.29. The van der Waals surface area contributed by atoms with E-state index in [1.165, 1.54) is 25.7 Å². The Balaban J connectivity index is 1.88. The van der Waals surface area contributed by atoms with Crippen LogP contribution in [0.25, 0.3) is 0 Å². The Labute approximate surface area is 160 Å². The Morgan fingerprint density at radius 2 is 2.04 bits per heavy atom. The molecule has 0 aromatic carbocycles. The van der Waals surface area contributed by atoms with Crippen LogP contribution in [0.1, 0.15) is 52.2 Å². The Bertz CT molecular complexity index is 529. The maximum atomic E-state index is 11.9. The summed E-state index contributed by atoms with van der Waals surface area (Å²) in [7, 11) is 0. The fourth-order valence-electron chi connectivity index (χ4n) is 2.98. The van der Waals surface area contributed by atoms with Gasteiger partial charge in [-0.2, -0.15) is 0 Å². The van der Waals surface area contributed by atoms with Crippen LogP contribution < -0.4 is 10.6 Å². The minimum atomic E-state index is -0.479. The summed E-state index contributed by atoms with van der Waals surface area (Å²) in [5.74, 6) is 1.43. The maximum Gasteiger partial charge on any atom is 0.407 e. The lowest BCUT2D eigenvalue weighted by Gasteiger charge is -2.26. The van der Waals surface area contributed by atoms with E-state index in [0.29, 0.717) is 23.7 Å². The summed E-state index contributed by atoms with van der Waals surface area (Å²) in [6.07, 6.45) is 4.54.